The Hall–Kier alpha value is -3.60. The highest BCUT2D eigenvalue weighted by atomic mass is 16.5. The van der Waals surface area contributed by atoms with Gasteiger partial charge in [-0.15, -0.1) is 0 Å². The summed E-state index contributed by atoms with van der Waals surface area (Å²) in [7, 11) is 1.53. The van der Waals surface area contributed by atoms with E-state index in [2.05, 4.69) is 10.6 Å². The Kier molecular flexibility index (Phi) is 5.52. The van der Waals surface area contributed by atoms with Gasteiger partial charge in [0.25, 0.3) is 11.8 Å². The first-order chi connectivity index (χ1) is 13.1. The summed E-state index contributed by atoms with van der Waals surface area (Å²) in [5.74, 6) is 0.0459. The molecule has 0 aliphatic carbocycles. The van der Waals surface area contributed by atoms with E-state index >= 15 is 0 Å². The van der Waals surface area contributed by atoms with Gasteiger partial charge in [0.1, 0.15) is 5.75 Å². The zero-order valence-electron chi connectivity index (χ0n) is 15.2. The van der Waals surface area contributed by atoms with Gasteiger partial charge in [0.15, 0.2) is 0 Å². The lowest BCUT2D eigenvalue weighted by molar-refractivity contribution is 0.101. The molecule has 0 aromatic heterocycles. The average Bonchev–Trinajstić information content (AvgIpc) is 2.69. The molecule has 0 heterocycles. The van der Waals surface area contributed by atoms with Crippen LogP contribution < -0.4 is 15.4 Å². The number of ether oxygens (including phenoxy) is 1. The quantitative estimate of drug-likeness (QED) is 0.703. The Morgan fingerprint density at radius 1 is 0.815 bits per heavy atom. The maximum atomic E-state index is 12.6. The Bertz CT molecular complexity index is 968. The third-order valence-corrected chi connectivity index (χ3v) is 4.13. The van der Waals surface area contributed by atoms with Crippen molar-refractivity contribution >= 4 is 23.2 Å². The number of methoxy groups -OCH3 is 1. The van der Waals surface area contributed by atoms with Crippen molar-refractivity contribution in [2.45, 2.75) is 6.92 Å². The van der Waals surface area contributed by atoms with Crippen LogP contribution in [0.3, 0.4) is 0 Å². The van der Waals surface area contributed by atoms with Gasteiger partial charge in [0.2, 0.25) is 0 Å². The van der Waals surface area contributed by atoms with Gasteiger partial charge in [0, 0.05) is 16.8 Å². The van der Waals surface area contributed by atoms with E-state index in [1.807, 2.05) is 31.2 Å². The normalized spacial score (nSPS) is 10.1. The maximum absolute atomic E-state index is 12.6. The number of nitrogens with one attached hydrogen (secondary N) is 2. The molecule has 0 unspecified atom stereocenters. The highest BCUT2D eigenvalue weighted by molar-refractivity contribution is 6.07. The van der Waals surface area contributed by atoms with Crippen molar-refractivity contribution in [2.75, 3.05) is 17.7 Å². The standard InChI is InChI=1S/C22H20N2O3/c1-15-8-6-7-11-18(15)22(26)24-19-14-17(12-13-20(19)27-2)23-21(25)16-9-4-3-5-10-16/h3-14H,1-2H3,(H,23,25)(H,24,26). The molecule has 0 radical (unpaired) electrons. The number of hydrogen-bond donors (Lipinski definition) is 2. The number of aryl methyl sites for hydroxylation is 1. The van der Waals surface area contributed by atoms with E-state index in [4.69, 9.17) is 4.74 Å². The lowest BCUT2D eigenvalue weighted by Gasteiger charge is -2.13. The van der Waals surface area contributed by atoms with E-state index in [9.17, 15) is 9.59 Å². The minimum atomic E-state index is -0.238. The predicted octanol–water partition coefficient (Wildman–Crippen LogP) is 4.51. The molecule has 3 aromatic rings. The van der Waals surface area contributed by atoms with E-state index in [0.29, 0.717) is 28.3 Å². The third-order valence-electron chi connectivity index (χ3n) is 4.13. The number of hydrogen-bond acceptors (Lipinski definition) is 3. The second-order valence-corrected chi connectivity index (χ2v) is 6.00. The molecule has 0 saturated carbocycles. The van der Waals surface area contributed by atoms with Gasteiger partial charge in [-0.05, 0) is 48.9 Å². The van der Waals surface area contributed by atoms with E-state index in [0.717, 1.165) is 5.56 Å². The molecule has 2 amide bonds. The van der Waals surface area contributed by atoms with Gasteiger partial charge < -0.3 is 15.4 Å². The van der Waals surface area contributed by atoms with Crippen molar-refractivity contribution in [3.63, 3.8) is 0 Å². The first-order valence-corrected chi connectivity index (χ1v) is 8.50. The number of anilines is 2. The molecule has 0 fully saturated rings. The van der Waals surface area contributed by atoms with Gasteiger partial charge >= 0.3 is 0 Å². The molecular weight excluding hydrogens is 340 g/mol. The highest BCUT2D eigenvalue weighted by Gasteiger charge is 2.13. The van der Waals surface area contributed by atoms with Crippen LogP contribution in [0.5, 0.6) is 5.75 Å². The summed E-state index contributed by atoms with van der Waals surface area (Å²) < 4.78 is 5.33. The van der Waals surface area contributed by atoms with Gasteiger partial charge in [-0.2, -0.15) is 0 Å². The van der Waals surface area contributed by atoms with E-state index in [-0.39, 0.29) is 11.8 Å². The van der Waals surface area contributed by atoms with Crippen LogP contribution in [-0.4, -0.2) is 18.9 Å². The van der Waals surface area contributed by atoms with Crippen molar-refractivity contribution < 1.29 is 14.3 Å². The molecule has 5 heteroatoms. The number of benzene rings is 3. The number of rotatable bonds is 5. The first-order valence-electron chi connectivity index (χ1n) is 8.50. The van der Waals surface area contributed by atoms with Crippen molar-refractivity contribution in [3.8, 4) is 5.75 Å². The maximum Gasteiger partial charge on any atom is 0.256 e. The average molecular weight is 360 g/mol. The predicted molar refractivity (Wildman–Crippen MR) is 107 cm³/mol. The van der Waals surface area contributed by atoms with Crippen molar-refractivity contribution in [1.29, 1.82) is 0 Å². The third kappa shape index (κ3) is 4.33. The Balaban J connectivity index is 1.82. The zero-order valence-corrected chi connectivity index (χ0v) is 15.2. The second-order valence-electron chi connectivity index (χ2n) is 6.00. The summed E-state index contributed by atoms with van der Waals surface area (Å²) >= 11 is 0. The van der Waals surface area contributed by atoms with E-state index in [1.165, 1.54) is 7.11 Å². The van der Waals surface area contributed by atoms with Crippen molar-refractivity contribution in [2.24, 2.45) is 0 Å². The molecule has 0 aliphatic heterocycles. The van der Waals surface area contributed by atoms with E-state index < -0.39 is 0 Å². The summed E-state index contributed by atoms with van der Waals surface area (Å²) in [6.07, 6.45) is 0. The summed E-state index contributed by atoms with van der Waals surface area (Å²) in [6, 6.07) is 21.4. The first kappa shape index (κ1) is 18.2. The van der Waals surface area contributed by atoms with Crippen LogP contribution in [0.1, 0.15) is 26.3 Å². The van der Waals surface area contributed by atoms with Crippen LogP contribution in [0.15, 0.2) is 72.8 Å². The number of carbonyl (C=O) groups excluding carboxylic acids is 2. The molecule has 0 aliphatic rings. The molecule has 3 aromatic carbocycles. The molecular formula is C22H20N2O3. The van der Waals surface area contributed by atoms with Gasteiger partial charge in [-0.25, -0.2) is 0 Å². The summed E-state index contributed by atoms with van der Waals surface area (Å²) in [5.41, 5.74) is 3.06. The van der Waals surface area contributed by atoms with Crippen LogP contribution in [0.2, 0.25) is 0 Å². The summed E-state index contributed by atoms with van der Waals surface area (Å²) in [4.78, 5) is 24.9. The minimum Gasteiger partial charge on any atom is -0.495 e. The lowest BCUT2D eigenvalue weighted by atomic mass is 10.1. The van der Waals surface area contributed by atoms with Crippen molar-refractivity contribution in [1.82, 2.24) is 0 Å². The molecule has 136 valence electrons. The molecule has 0 saturated heterocycles. The fourth-order valence-corrected chi connectivity index (χ4v) is 2.69. The minimum absolute atomic E-state index is 0.225. The van der Waals surface area contributed by atoms with Crippen LogP contribution >= 0.6 is 0 Å². The Morgan fingerprint density at radius 2 is 1.52 bits per heavy atom. The van der Waals surface area contributed by atoms with Crippen LogP contribution in [0.25, 0.3) is 0 Å². The zero-order chi connectivity index (χ0) is 19.2. The van der Waals surface area contributed by atoms with Crippen LogP contribution in [-0.2, 0) is 0 Å². The molecule has 3 rings (SSSR count). The fraction of sp³-hybridized carbons (Fsp3) is 0.0909. The monoisotopic (exact) mass is 360 g/mol. The molecule has 0 bridgehead atoms. The Labute approximate surface area is 158 Å². The topological polar surface area (TPSA) is 67.4 Å². The SMILES string of the molecule is COc1ccc(NC(=O)c2ccccc2)cc1NC(=O)c1ccccc1C. The van der Waals surface area contributed by atoms with Crippen LogP contribution in [0.4, 0.5) is 11.4 Å². The molecule has 5 nitrogen and oxygen atoms in total. The van der Waals surface area contributed by atoms with Gasteiger partial charge in [-0.1, -0.05) is 36.4 Å². The fourth-order valence-electron chi connectivity index (χ4n) is 2.69. The number of amides is 2. The summed E-state index contributed by atoms with van der Waals surface area (Å²) in [6.45, 7) is 1.88. The van der Waals surface area contributed by atoms with E-state index in [1.54, 1.807) is 48.5 Å². The molecule has 27 heavy (non-hydrogen) atoms. The molecule has 0 spiro atoms. The lowest BCUT2D eigenvalue weighted by Crippen LogP contribution is -2.15. The van der Waals surface area contributed by atoms with Crippen LogP contribution in [0, 0.1) is 6.92 Å². The highest BCUT2D eigenvalue weighted by Crippen LogP contribution is 2.29. The second kappa shape index (κ2) is 8.19. The van der Waals surface area contributed by atoms with Crippen molar-refractivity contribution in [3.05, 3.63) is 89.5 Å². The van der Waals surface area contributed by atoms with Gasteiger partial charge in [-0.3, -0.25) is 9.59 Å². The Morgan fingerprint density at radius 3 is 2.22 bits per heavy atom. The molecule has 0 atom stereocenters. The van der Waals surface area contributed by atoms with Gasteiger partial charge in [0.05, 0.1) is 12.8 Å². The molecule has 2 N–H and O–H groups in total. The number of carbonyl (C=O) groups is 2. The largest absolute Gasteiger partial charge is 0.495 e. The smallest absolute Gasteiger partial charge is 0.256 e. The summed E-state index contributed by atoms with van der Waals surface area (Å²) in [5, 5.41) is 5.69.